The zero-order valence-electron chi connectivity index (χ0n) is 17.4. The summed E-state index contributed by atoms with van der Waals surface area (Å²) in [5, 5.41) is 6.84. The third-order valence-corrected chi connectivity index (χ3v) is 4.33. The average Bonchev–Trinajstić information content (AvgIpc) is 3.12. The molecule has 1 amide bonds. The molecular formula is C23H23F2N3O3. The van der Waals surface area contributed by atoms with Crippen LogP contribution in [0.2, 0.25) is 0 Å². The van der Waals surface area contributed by atoms with Crippen molar-refractivity contribution in [2.45, 2.75) is 13.0 Å². The summed E-state index contributed by atoms with van der Waals surface area (Å²) in [4.78, 5) is 12.7. The molecule has 2 aromatic carbocycles. The SMILES string of the molecule is COC[C@H](C)Oc1cc(/C=C/c2c(F)cccc2F)cc(C(=O)Nc2ccn(C)n2)c1. The largest absolute Gasteiger partial charge is 0.488 e. The monoisotopic (exact) mass is 427 g/mol. The Morgan fingerprint density at radius 3 is 2.58 bits per heavy atom. The number of amides is 1. The quantitative estimate of drug-likeness (QED) is 0.537. The summed E-state index contributed by atoms with van der Waals surface area (Å²) < 4.78 is 40.4. The van der Waals surface area contributed by atoms with E-state index >= 15 is 0 Å². The minimum Gasteiger partial charge on any atom is -0.488 e. The maximum atomic E-state index is 13.9. The van der Waals surface area contributed by atoms with Gasteiger partial charge in [-0.15, -0.1) is 0 Å². The molecule has 0 aliphatic heterocycles. The fourth-order valence-corrected chi connectivity index (χ4v) is 2.94. The van der Waals surface area contributed by atoms with E-state index in [4.69, 9.17) is 9.47 Å². The highest BCUT2D eigenvalue weighted by atomic mass is 19.1. The number of hydrogen-bond acceptors (Lipinski definition) is 4. The van der Waals surface area contributed by atoms with E-state index in [9.17, 15) is 13.6 Å². The van der Waals surface area contributed by atoms with Gasteiger partial charge < -0.3 is 14.8 Å². The molecule has 0 radical (unpaired) electrons. The van der Waals surface area contributed by atoms with Gasteiger partial charge in [-0.1, -0.05) is 12.1 Å². The van der Waals surface area contributed by atoms with Crippen molar-refractivity contribution in [1.29, 1.82) is 0 Å². The molecule has 162 valence electrons. The lowest BCUT2D eigenvalue weighted by atomic mass is 10.1. The van der Waals surface area contributed by atoms with Crippen LogP contribution in [-0.2, 0) is 11.8 Å². The molecule has 0 bridgehead atoms. The molecule has 1 N–H and O–H groups in total. The minimum absolute atomic E-state index is 0.166. The van der Waals surface area contributed by atoms with E-state index in [1.807, 2.05) is 6.92 Å². The van der Waals surface area contributed by atoms with Gasteiger partial charge >= 0.3 is 0 Å². The van der Waals surface area contributed by atoms with E-state index < -0.39 is 17.5 Å². The molecule has 8 heteroatoms. The minimum atomic E-state index is -0.675. The molecule has 0 spiro atoms. The second-order valence-corrected chi connectivity index (χ2v) is 6.97. The fourth-order valence-electron chi connectivity index (χ4n) is 2.94. The van der Waals surface area contributed by atoms with Gasteiger partial charge in [0.05, 0.1) is 6.61 Å². The van der Waals surface area contributed by atoms with Crippen molar-refractivity contribution in [2.75, 3.05) is 19.0 Å². The van der Waals surface area contributed by atoms with Crippen LogP contribution in [0.1, 0.15) is 28.4 Å². The lowest BCUT2D eigenvalue weighted by Crippen LogP contribution is -2.19. The number of ether oxygens (including phenoxy) is 2. The standard InChI is InChI=1S/C23H23F2N3O3/c1-15(14-30-3)31-18-12-16(7-8-19-20(24)5-4-6-21(19)25)11-17(13-18)23(29)26-22-9-10-28(2)27-22/h4-13,15H,14H2,1-3H3,(H,26,27,29)/b8-7+/t15-/m0/s1. The molecule has 0 saturated carbocycles. The smallest absolute Gasteiger partial charge is 0.257 e. The Balaban J connectivity index is 1.92. The van der Waals surface area contributed by atoms with Crippen molar-refractivity contribution in [3.8, 4) is 5.75 Å². The van der Waals surface area contributed by atoms with Gasteiger partial charge in [-0.2, -0.15) is 5.10 Å². The topological polar surface area (TPSA) is 65.4 Å². The van der Waals surface area contributed by atoms with Crippen LogP contribution in [-0.4, -0.2) is 35.5 Å². The van der Waals surface area contributed by atoms with E-state index in [1.165, 1.54) is 30.4 Å². The van der Waals surface area contributed by atoms with Crippen molar-refractivity contribution in [1.82, 2.24) is 9.78 Å². The number of anilines is 1. The highest BCUT2D eigenvalue weighted by Gasteiger charge is 2.13. The highest BCUT2D eigenvalue weighted by molar-refractivity contribution is 6.04. The first kappa shape index (κ1) is 22.2. The number of halogens is 2. The van der Waals surface area contributed by atoms with Crippen molar-refractivity contribution >= 4 is 23.9 Å². The Bertz CT molecular complexity index is 1080. The fraction of sp³-hybridized carbons (Fsp3) is 0.217. The number of carbonyl (C=O) groups excluding carboxylic acids is 1. The van der Waals surface area contributed by atoms with Gasteiger partial charge in [0.2, 0.25) is 0 Å². The summed E-state index contributed by atoms with van der Waals surface area (Å²) in [6.07, 6.45) is 4.29. The van der Waals surface area contributed by atoms with Crippen molar-refractivity contribution in [3.63, 3.8) is 0 Å². The molecule has 0 saturated heterocycles. The van der Waals surface area contributed by atoms with Gasteiger partial charge in [0, 0.05) is 37.5 Å². The predicted octanol–water partition coefficient (Wildman–Crippen LogP) is 4.53. The maximum absolute atomic E-state index is 13.9. The summed E-state index contributed by atoms with van der Waals surface area (Å²) in [6, 6.07) is 10.2. The third-order valence-electron chi connectivity index (χ3n) is 4.33. The molecule has 0 aliphatic rings. The molecule has 1 atom stereocenters. The van der Waals surface area contributed by atoms with E-state index in [2.05, 4.69) is 10.4 Å². The molecule has 3 aromatic rings. The van der Waals surface area contributed by atoms with E-state index in [1.54, 1.807) is 49.3 Å². The molecule has 6 nitrogen and oxygen atoms in total. The molecule has 3 rings (SSSR count). The molecular weight excluding hydrogens is 404 g/mol. The third kappa shape index (κ3) is 5.99. The van der Waals surface area contributed by atoms with Gasteiger partial charge in [0.25, 0.3) is 5.91 Å². The molecule has 0 unspecified atom stereocenters. The summed E-state index contributed by atoms with van der Waals surface area (Å²) in [7, 11) is 3.31. The van der Waals surface area contributed by atoms with Crippen LogP contribution in [0.4, 0.5) is 14.6 Å². The number of aryl methyl sites for hydroxylation is 1. The number of rotatable bonds is 8. The number of benzene rings is 2. The number of nitrogens with zero attached hydrogens (tertiary/aromatic N) is 2. The van der Waals surface area contributed by atoms with Crippen LogP contribution in [0, 0.1) is 11.6 Å². The first-order chi connectivity index (χ1) is 14.9. The van der Waals surface area contributed by atoms with Crippen LogP contribution >= 0.6 is 0 Å². The Labute approximate surface area is 179 Å². The number of carbonyl (C=O) groups is 1. The molecule has 0 fully saturated rings. The highest BCUT2D eigenvalue weighted by Crippen LogP contribution is 2.23. The van der Waals surface area contributed by atoms with Gasteiger partial charge in [-0.05, 0) is 48.9 Å². The Morgan fingerprint density at radius 2 is 1.94 bits per heavy atom. The van der Waals surface area contributed by atoms with Gasteiger partial charge in [-0.25, -0.2) is 8.78 Å². The molecule has 31 heavy (non-hydrogen) atoms. The van der Waals surface area contributed by atoms with Gasteiger partial charge in [-0.3, -0.25) is 9.48 Å². The van der Waals surface area contributed by atoms with Crippen LogP contribution in [0.5, 0.6) is 5.75 Å². The predicted molar refractivity (Wildman–Crippen MR) is 115 cm³/mol. The number of hydrogen-bond donors (Lipinski definition) is 1. The van der Waals surface area contributed by atoms with Crippen molar-refractivity contribution in [3.05, 3.63) is 77.0 Å². The Morgan fingerprint density at radius 1 is 1.19 bits per heavy atom. The van der Waals surface area contributed by atoms with Crippen LogP contribution < -0.4 is 10.1 Å². The lowest BCUT2D eigenvalue weighted by Gasteiger charge is -2.15. The number of methoxy groups -OCH3 is 1. The zero-order valence-corrected chi connectivity index (χ0v) is 17.4. The van der Waals surface area contributed by atoms with E-state index in [0.29, 0.717) is 29.3 Å². The average molecular weight is 427 g/mol. The number of nitrogens with one attached hydrogen (secondary N) is 1. The number of aromatic nitrogens is 2. The summed E-state index contributed by atoms with van der Waals surface area (Å²) in [5.41, 5.74) is 0.679. The van der Waals surface area contributed by atoms with Crippen LogP contribution in [0.3, 0.4) is 0 Å². The normalized spacial score (nSPS) is 12.2. The van der Waals surface area contributed by atoms with Crippen molar-refractivity contribution < 1.29 is 23.0 Å². The van der Waals surface area contributed by atoms with Crippen LogP contribution in [0.15, 0.2) is 48.7 Å². The molecule has 1 aromatic heterocycles. The lowest BCUT2D eigenvalue weighted by molar-refractivity contribution is 0.0917. The van der Waals surface area contributed by atoms with Crippen LogP contribution in [0.25, 0.3) is 12.2 Å². The molecule has 0 aliphatic carbocycles. The van der Waals surface area contributed by atoms with Gasteiger partial charge in [0.1, 0.15) is 23.5 Å². The molecule has 1 heterocycles. The summed E-state index contributed by atoms with van der Waals surface area (Å²) in [5.74, 6) is -0.921. The second kappa shape index (κ2) is 9.99. The Hall–Kier alpha value is -3.52. The Kier molecular flexibility index (Phi) is 7.15. The second-order valence-electron chi connectivity index (χ2n) is 6.97. The summed E-state index contributed by atoms with van der Waals surface area (Å²) in [6.45, 7) is 2.18. The van der Waals surface area contributed by atoms with Gasteiger partial charge in [0.15, 0.2) is 5.82 Å². The van der Waals surface area contributed by atoms with Crippen molar-refractivity contribution in [2.24, 2.45) is 7.05 Å². The maximum Gasteiger partial charge on any atom is 0.257 e. The zero-order chi connectivity index (χ0) is 22.4. The first-order valence-corrected chi connectivity index (χ1v) is 9.59. The van der Waals surface area contributed by atoms with E-state index in [0.717, 1.165) is 0 Å². The summed E-state index contributed by atoms with van der Waals surface area (Å²) >= 11 is 0. The first-order valence-electron chi connectivity index (χ1n) is 9.59. The van der Waals surface area contributed by atoms with E-state index in [-0.39, 0.29) is 11.7 Å².